The van der Waals surface area contributed by atoms with Crippen LogP contribution in [0.5, 0.6) is 0 Å². The zero-order chi connectivity index (χ0) is 12.8. The molecule has 0 amide bonds. The van der Waals surface area contributed by atoms with Gasteiger partial charge in [-0.3, -0.25) is 4.90 Å². The Morgan fingerprint density at radius 2 is 2.12 bits per heavy atom. The summed E-state index contributed by atoms with van der Waals surface area (Å²) in [5, 5.41) is 3.87. The molecule has 5 nitrogen and oxygen atoms in total. The lowest BCUT2D eigenvalue weighted by Crippen LogP contribution is -2.31. The molecule has 0 fully saturated rings. The van der Waals surface area contributed by atoms with E-state index >= 15 is 0 Å². The fourth-order valence-corrected chi connectivity index (χ4v) is 1.51. The molecular weight excluding hydrogens is 216 g/mol. The molecule has 0 spiro atoms. The van der Waals surface area contributed by atoms with Crippen LogP contribution in [0.2, 0.25) is 0 Å². The molecule has 0 aliphatic carbocycles. The summed E-state index contributed by atoms with van der Waals surface area (Å²) in [6.45, 7) is 7.95. The van der Waals surface area contributed by atoms with E-state index in [0.29, 0.717) is 18.4 Å². The van der Waals surface area contributed by atoms with Gasteiger partial charge in [-0.1, -0.05) is 25.9 Å². The number of nitrogens with zero attached hydrogens (tertiary/aromatic N) is 3. The standard InChI is InChI=1S/C12H24N4O/c1-5-11-14-12(17-15-11)8-16(4)7-6-10(13)9(2)3/h9-10H,5-8,13H2,1-4H3. The van der Waals surface area contributed by atoms with Crippen molar-refractivity contribution in [3.8, 4) is 0 Å². The molecular formula is C12H24N4O. The van der Waals surface area contributed by atoms with Gasteiger partial charge in [0.2, 0.25) is 5.89 Å². The Bertz CT molecular complexity index is 324. The number of hydrogen-bond donors (Lipinski definition) is 1. The second-order valence-electron chi connectivity index (χ2n) is 4.89. The Morgan fingerprint density at radius 1 is 1.41 bits per heavy atom. The Kier molecular flexibility index (Phi) is 5.58. The van der Waals surface area contributed by atoms with Gasteiger partial charge >= 0.3 is 0 Å². The van der Waals surface area contributed by atoms with Crippen LogP contribution in [0.3, 0.4) is 0 Å². The van der Waals surface area contributed by atoms with E-state index < -0.39 is 0 Å². The molecule has 0 saturated heterocycles. The zero-order valence-corrected chi connectivity index (χ0v) is 11.3. The van der Waals surface area contributed by atoms with Crippen molar-refractivity contribution < 1.29 is 4.52 Å². The maximum atomic E-state index is 6.01. The second-order valence-corrected chi connectivity index (χ2v) is 4.89. The molecule has 0 aromatic carbocycles. The molecule has 1 atom stereocenters. The van der Waals surface area contributed by atoms with Gasteiger partial charge in [0.15, 0.2) is 5.82 Å². The summed E-state index contributed by atoms with van der Waals surface area (Å²) in [5.74, 6) is 1.98. The summed E-state index contributed by atoms with van der Waals surface area (Å²) in [5.41, 5.74) is 6.01. The Balaban J connectivity index is 2.31. The van der Waals surface area contributed by atoms with Crippen molar-refractivity contribution in [1.29, 1.82) is 0 Å². The molecule has 98 valence electrons. The molecule has 1 heterocycles. The van der Waals surface area contributed by atoms with Crippen molar-refractivity contribution >= 4 is 0 Å². The molecule has 0 bridgehead atoms. The minimum atomic E-state index is 0.256. The predicted molar refractivity (Wildman–Crippen MR) is 67.4 cm³/mol. The van der Waals surface area contributed by atoms with Gasteiger partial charge < -0.3 is 10.3 Å². The van der Waals surface area contributed by atoms with Crippen molar-refractivity contribution in [3.05, 3.63) is 11.7 Å². The molecule has 2 N–H and O–H groups in total. The Morgan fingerprint density at radius 3 is 2.65 bits per heavy atom. The van der Waals surface area contributed by atoms with E-state index in [-0.39, 0.29) is 6.04 Å². The van der Waals surface area contributed by atoms with Crippen LogP contribution in [0.15, 0.2) is 4.52 Å². The van der Waals surface area contributed by atoms with E-state index in [0.717, 1.165) is 25.2 Å². The largest absolute Gasteiger partial charge is 0.338 e. The highest BCUT2D eigenvalue weighted by Gasteiger charge is 2.11. The van der Waals surface area contributed by atoms with Gasteiger partial charge in [0, 0.05) is 12.5 Å². The number of rotatable bonds is 7. The van der Waals surface area contributed by atoms with Crippen LogP contribution in [0.4, 0.5) is 0 Å². The third-order valence-corrected chi connectivity index (χ3v) is 2.93. The first-order valence-corrected chi connectivity index (χ1v) is 6.28. The van der Waals surface area contributed by atoms with E-state index in [4.69, 9.17) is 10.3 Å². The van der Waals surface area contributed by atoms with Crippen LogP contribution in [0, 0.1) is 5.92 Å². The highest BCUT2D eigenvalue weighted by Crippen LogP contribution is 2.06. The fraction of sp³-hybridized carbons (Fsp3) is 0.833. The van der Waals surface area contributed by atoms with Gasteiger partial charge in [-0.15, -0.1) is 0 Å². The lowest BCUT2D eigenvalue weighted by molar-refractivity contribution is 0.252. The first-order chi connectivity index (χ1) is 8.02. The molecule has 0 aliphatic heterocycles. The van der Waals surface area contributed by atoms with Gasteiger partial charge in [0.25, 0.3) is 0 Å². The fourth-order valence-electron chi connectivity index (χ4n) is 1.51. The highest BCUT2D eigenvalue weighted by atomic mass is 16.5. The molecule has 17 heavy (non-hydrogen) atoms. The van der Waals surface area contributed by atoms with Gasteiger partial charge in [-0.05, 0) is 25.9 Å². The third-order valence-electron chi connectivity index (χ3n) is 2.93. The highest BCUT2D eigenvalue weighted by molar-refractivity contribution is 4.85. The van der Waals surface area contributed by atoms with Crippen LogP contribution in [-0.4, -0.2) is 34.7 Å². The minimum Gasteiger partial charge on any atom is -0.338 e. The molecule has 0 aliphatic rings. The van der Waals surface area contributed by atoms with E-state index in [2.05, 4.69) is 28.9 Å². The molecule has 1 aromatic heterocycles. The van der Waals surface area contributed by atoms with Crippen LogP contribution < -0.4 is 5.73 Å². The summed E-state index contributed by atoms with van der Waals surface area (Å²) >= 11 is 0. The predicted octanol–water partition coefficient (Wildman–Crippen LogP) is 1.44. The third kappa shape index (κ3) is 4.83. The maximum absolute atomic E-state index is 6.01. The Labute approximate surface area is 103 Å². The van der Waals surface area contributed by atoms with Crippen LogP contribution in [0.25, 0.3) is 0 Å². The first kappa shape index (κ1) is 14.1. The lowest BCUT2D eigenvalue weighted by Gasteiger charge is -2.19. The monoisotopic (exact) mass is 240 g/mol. The molecule has 5 heteroatoms. The molecule has 1 rings (SSSR count). The quantitative estimate of drug-likeness (QED) is 0.781. The molecule has 0 saturated carbocycles. The summed E-state index contributed by atoms with van der Waals surface area (Å²) < 4.78 is 5.15. The van der Waals surface area contributed by atoms with Gasteiger partial charge in [-0.25, -0.2) is 0 Å². The molecule has 0 radical (unpaired) electrons. The van der Waals surface area contributed by atoms with Gasteiger partial charge in [-0.2, -0.15) is 4.98 Å². The lowest BCUT2D eigenvalue weighted by atomic mass is 10.0. The van der Waals surface area contributed by atoms with Crippen molar-refractivity contribution in [2.75, 3.05) is 13.6 Å². The zero-order valence-electron chi connectivity index (χ0n) is 11.3. The average Bonchev–Trinajstić information content (AvgIpc) is 2.73. The van der Waals surface area contributed by atoms with Crippen LogP contribution >= 0.6 is 0 Å². The number of aryl methyl sites for hydroxylation is 1. The summed E-state index contributed by atoms with van der Waals surface area (Å²) in [4.78, 5) is 6.44. The van der Waals surface area contributed by atoms with Crippen LogP contribution in [0.1, 0.15) is 38.9 Å². The normalized spacial score (nSPS) is 13.6. The second kappa shape index (κ2) is 6.71. The van der Waals surface area contributed by atoms with Gasteiger partial charge in [0.05, 0.1) is 6.54 Å². The number of nitrogens with two attached hydrogens (primary N) is 1. The first-order valence-electron chi connectivity index (χ1n) is 6.28. The van der Waals surface area contributed by atoms with Crippen molar-refractivity contribution in [2.45, 2.75) is 46.2 Å². The number of hydrogen-bond acceptors (Lipinski definition) is 5. The van der Waals surface area contributed by atoms with Gasteiger partial charge in [0.1, 0.15) is 0 Å². The Hall–Kier alpha value is -0.940. The van der Waals surface area contributed by atoms with Crippen molar-refractivity contribution in [3.63, 3.8) is 0 Å². The topological polar surface area (TPSA) is 68.2 Å². The molecule has 1 aromatic rings. The maximum Gasteiger partial charge on any atom is 0.240 e. The summed E-state index contributed by atoms with van der Waals surface area (Å²) in [7, 11) is 2.04. The van der Waals surface area contributed by atoms with Crippen LogP contribution in [-0.2, 0) is 13.0 Å². The van der Waals surface area contributed by atoms with Crippen molar-refractivity contribution in [2.24, 2.45) is 11.7 Å². The average molecular weight is 240 g/mol. The minimum absolute atomic E-state index is 0.256. The summed E-state index contributed by atoms with van der Waals surface area (Å²) in [6.07, 6.45) is 1.80. The van der Waals surface area contributed by atoms with Crippen molar-refractivity contribution in [1.82, 2.24) is 15.0 Å². The molecule has 1 unspecified atom stereocenters. The van der Waals surface area contributed by atoms with E-state index in [9.17, 15) is 0 Å². The van der Waals surface area contributed by atoms with E-state index in [1.54, 1.807) is 0 Å². The summed E-state index contributed by atoms with van der Waals surface area (Å²) in [6, 6.07) is 0.256. The SMILES string of the molecule is CCc1noc(CN(C)CCC(N)C(C)C)n1. The van der Waals surface area contributed by atoms with E-state index in [1.807, 2.05) is 14.0 Å². The smallest absolute Gasteiger partial charge is 0.240 e. The number of aromatic nitrogens is 2. The van der Waals surface area contributed by atoms with E-state index in [1.165, 1.54) is 0 Å².